The topological polar surface area (TPSA) is 40.1 Å². The Bertz CT molecular complexity index is 294. The van der Waals surface area contributed by atoms with Gasteiger partial charge in [-0.1, -0.05) is 24.8 Å². The van der Waals surface area contributed by atoms with E-state index in [9.17, 15) is 8.76 Å². The normalized spacial score (nSPS) is 12.5. The SMILES string of the molecule is C=Cc1cccc(S(=O)[O-])c1. The van der Waals surface area contributed by atoms with Gasteiger partial charge in [-0.3, -0.25) is 4.21 Å². The highest BCUT2D eigenvalue weighted by Gasteiger charge is 1.91. The van der Waals surface area contributed by atoms with Gasteiger partial charge in [0, 0.05) is 4.90 Å². The van der Waals surface area contributed by atoms with Crippen molar-refractivity contribution in [3.63, 3.8) is 0 Å². The van der Waals surface area contributed by atoms with Crippen LogP contribution >= 0.6 is 0 Å². The van der Waals surface area contributed by atoms with Crippen LogP contribution in [0.1, 0.15) is 5.56 Å². The molecule has 0 radical (unpaired) electrons. The third kappa shape index (κ3) is 2.00. The fourth-order valence-electron chi connectivity index (χ4n) is 0.745. The third-order valence-corrected chi connectivity index (χ3v) is 1.93. The summed E-state index contributed by atoms with van der Waals surface area (Å²) in [6.45, 7) is 3.53. The van der Waals surface area contributed by atoms with E-state index in [2.05, 4.69) is 6.58 Å². The van der Waals surface area contributed by atoms with E-state index in [1.54, 1.807) is 24.3 Å². The second kappa shape index (κ2) is 3.46. The van der Waals surface area contributed by atoms with E-state index < -0.39 is 11.1 Å². The van der Waals surface area contributed by atoms with Gasteiger partial charge in [-0.05, 0) is 28.8 Å². The molecule has 0 aliphatic rings. The molecule has 1 aromatic rings. The molecular formula is C8H7O2S-. The summed E-state index contributed by atoms with van der Waals surface area (Å²) in [4.78, 5) is 0.294. The highest BCUT2D eigenvalue weighted by atomic mass is 32.2. The second-order valence-corrected chi connectivity index (χ2v) is 2.95. The average molecular weight is 167 g/mol. The zero-order chi connectivity index (χ0) is 8.27. The molecule has 1 rings (SSSR count). The molecule has 1 aromatic carbocycles. The van der Waals surface area contributed by atoms with Crippen LogP contribution in [0.2, 0.25) is 0 Å². The van der Waals surface area contributed by atoms with Crippen LogP contribution in [0.25, 0.3) is 6.08 Å². The molecule has 0 amide bonds. The Balaban J connectivity index is 3.10. The molecule has 0 saturated heterocycles. The molecule has 11 heavy (non-hydrogen) atoms. The first-order valence-electron chi connectivity index (χ1n) is 3.06. The van der Waals surface area contributed by atoms with Crippen LogP contribution in [0.15, 0.2) is 35.7 Å². The van der Waals surface area contributed by atoms with E-state index in [1.165, 1.54) is 6.07 Å². The van der Waals surface area contributed by atoms with Gasteiger partial charge < -0.3 is 4.55 Å². The first-order valence-corrected chi connectivity index (χ1v) is 4.13. The molecule has 0 bridgehead atoms. The van der Waals surface area contributed by atoms with E-state index in [-0.39, 0.29) is 0 Å². The summed E-state index contributed by atoms with van der Waals surface area (Å²) in [6, 6.07) is 6.58. The lowest BCUT2D eigenvalue weighted by molar-refractivity contribution is 0.537. The number of hydrogen-bond acceptors (Lipinski definition) is 2. The Morgan fingerprint density at radius 2 is 2.27 bits per heavy atom. The molecule has 0 aliphatic carbocycles. The minimum absolute atomic E-state index is 0.294. The van der Waals surface area contributed by atoms with E-state index >= 15 is 0 Å². The molecule has 0 aromatic heterocycles. The predicted octanol–water partition coefficient (Wildman–Crippen LogP) is 1.57. The molecule has 1 unspecified atom stereocenters. The van der Waals surface area contributed by atoms with Crippen LogP contribution in [0.4, 0.5) is 0 Å². The predicted molar refractivity (Wildman–Crippen MR) is 43.7 cm³/mol. The summed E-state index contributed by atoms with van der Waals surface area (Å²) >= 11 is -2.14. The maximum atomic E-state index is 10.4. The van der Waals surface area contributed by atoms with Crippen molar-refractivity contribution in [2.24, 2.45) is 0 Å². The van der Waals surface area contributed by atoms with E-state index in [1.807, 2.05) is 0 Å². The molecule has 0 fully saturated rings. The lowest BCUT2D eigenvalue weighted by Gasteiger charge is -2.04. The van der Waals surface area contributed by atoms with Gasteiger partial charge in [0.05, 0.1) is 0 Å². The molecule has 3 heteroatoms. The van der Waals surface area contributed by atoms with Crippen LogP contribution in [-0.2, 0) is 11.1 Å². The maximum Gasteiger partial charge on any atom is 0.0254 e. The summed E-state index contributed by atoms with van der Waals surface area (Å²) in [6.07, 6.45) is 1.61. The van der Waals surface area contributed by atoms with Crippen LogP contribution in [0, 0.1) is 0 Å². The molecule has 0 spiro atoms. The smallest absolute Gasteiger partial charge is 0.0254 e. The highest BCUT2D eigenvalue weighted by molar-refractivity contribution is 7.79. The van der Waals surface area contributed by atoms with Crippen LogP contribution < -0.4 is 0 Å². The molecule has 2 nitrogen and oxygen atoms in total. The van der Waals surface area contributed by atoms with Crippen molar-refractivity contribution in [1.29, 1.82) is 0 Å². The van der Waals surface area contributed by atoms with E-state index in [0.717, 1.165) is 5.56 Å². The van der Waals surface area contributed by atoms with Crippen molar-refractivity contribution >= 4 is 17.2 Å². The third-order valence-electron chi connectivity index (χ3n) is 1.29. The maximum absolute atomic E-state index is 10.4. The van der Waals surface area contributed by atoms with Gasteiger partial charge in [-0.25, -0.2) is 0 Å². The van der Waals surface area contributed by atoms with E-state index in [4.69, 9.17) is 0 Å². The lowest BCUT2D eigenvalue weighted by atomic mass is 10.2. The Kier molecular flexibility index (Phi) is 2.57. The van der Waals surface area contributed by atoms with Crippen molar-refractivity contribution in [2.45, 2.75) is 4.90 Å². The van der Waals surface area contributed by atoms with Crippen molar-refractivity contribution in [1.82, 2.24) is 0 Å². The van der Waals surface area contributed by atoms with Crippen molar-refractivity contribution in [3.8, 4) is 0 Å². The quantitative estimate of drug-likeness (QED) is 0.627. The van der Waals surface area contributed by atoms with Gasteiger partial charge in [0.25, 0.3) is 0 Å². The first kappa shape index (κ1) is 8.17. The molecular weight excluding hydrogens is 160 g/mol. The van der Waals surface area contributed by atoms with Crippen LogP contribution in [-0.4, -0.2) is 8.76 Å². The summed E-state index contributed by atoms with van der Waals surface area (Å²) < 4.78 is 20.9. The van der Waals surface area contributed by atoms with Gasteiger partial charge >= 0.3 is 0 Å². The molecule has 0 heterocycles. The fourth-order valence-corrected chi connectivity index (χ4v) is 1.17. The molecule has 1 atom stereocenters. The number of rotatable bonds is 2. The van der Waals surface area contributed by atoms with E-state index in [0.29, 0.717) is 4.90 Å². The zero-order valence-corrected chi connectivity index (χ0v) is 6.64. The standard InChI is InChI=1S/C8H8O2S/c1-2-7-4-3-5-8(6-7)11(9)10/h2-6H,1H2,(H,9,10)/p-1. The van der Waals surface area contributed by atoms with Crippen molar-refractivity contribution < 1.29 is 8.76 Å². The molecule has 0 N–H and O–H groups in total. The molecule has 0 saturated carbocycles. The molecule has 0 aliphatic heterocycles. The van der Waals surface area contributed by atoms with Gasteiger partial charge in [0.2, 0.25) is 0 Å². The van der Waals surface area contributed by atoms with Crippen LogP contribution in [0.3, 0.4) is 0 Å². The highest BCUT2D eigenvalue weighted by Crippen LogP contribution is 2.08. The number of benzene rings is 1. The number of hydrogen-bond donors (Lipinski definition) is 0. The largest absolute Gasteiger partial charge is 0.768 e. The van der Waals surface area contributed by atoms with Gasteiger partial charge in [-0.2, -0.15) is 0 Å². The Labute approximate surface area is 67.8 Å². The second-order valence-electron chi connectivity index (χ2n) is 2.01. The average Bonchev–Trinajstić information content (AvgIpc) is 2.05. The van der Waals surface area contributed by atoms with Gasteiger partial charge in [-0.15, -0.1) is 0 Å². The minimum Gasteiger partial charge on any atom is -0.768 e. The van der Waals surface area contributed by atoms with Gasteiger partial charge in [0.15, 0.2) is 0 Å². The fraction of sp³-hybridized carbons (Fsp3) is 0. The van der Waals surface area contributed by atoms with Gasteiger partial charge in [0.1, 0.15) is 0 Å². The summed E-state index contributed by atoms with van der Waals surface area (Å²) in [5.74, 6) is 0. The summed E-state index contributed by atoms with van der Waals surface area (Å²) in [5, 5.41) is 0. The molecule has 58 valence electrons. The zero-order valence-electron chi connectivity index (χ0n) is 5.82. The first-order chi connectivity index (χ1) is 5.24. The summed E-state index contributed by atoms with van der Waals surface area (Å²) in [5.41, 5.74) is 0.812. The van der Waals surface area contributed by atoms with Crippen molar-refractivity contribution in [2.75, 3.05) is 0 Å². The monoisotopic (exact) mass is 167 g/mol. The Morgan fingerprint density at radius 1 is 1.55 bits per heavy atom. The van der Waals surface area contributed by atoms with Crippen LogP contribution in [0.5, 0.6) is 0 Å². The Morgan fingerprint density at radius 3 is 2.82 bits per heavy atom. The lowest BCUT2D eigenvalue weighted by Crippen LogP contribution is -1.87. The Hall–Kier alpha value is -0.930. The van der Waals surface area contributed by atoms with Crippen molar-refractivity contribution in [3.05, 3.63) is 36.4 Å². The summed E-state index contributed by atoms with van der Waals surface area (Å²) in [7, 11) is 0. The minimum atomic E-state index is -2.14.